The smallest absolute Gasteiger partial charge is 0.328 e. The van der Waals surface area contributed by atoms with Crippen LogP contribution in [-0.4, -0.2) is 128 Å². The highest BCUT2D eigenvalue weighted by Crippen LogP contribution is 2.20. The van der Waals surface area contributed by atoms with Crippen LogP contribution >= 0.6 is 25.3 Å². The Hall–Kier alpha value is -6.13. The number of aromatic amines is 1. The molecule has 1 aromatic heterocycles. The number of aliphatic hydroxyl groups excluding tert-OH is 1. The summed E-state index contributed by atoms with van der Waals surface area (Å²) in [5, 5.41) is 45.5. The van der Waals surface area contributed by atoms with Gasteiger partial charge in [0, 0.05) is 41.4 Å². The maximum absolute atomic E-state index is 14.5. The number of carbonyl (C=O) groups is 7. The molecule has 0 spiro atoms. The van der Waals surface area contributed by atoms with Crippen molar-refractivity contribution in [1.82, 2.24) is 36.9 Å². The van der Waals surface area contributed by atoms with Gasteiger partial charge >= 0.3 is 5.97 Å². The summed E-state index contributed by atoms with van der Waals surface area (Å²) in [6, 6.07) is 12.9. The van der Waals surface area contributed by atoms with E-state index in [2.05, 4.69) is 62.1 Å². The van der Waals surface area contributed by atoms with E-state index in [0.29, 0.717) is 24.0 Å². The molecule has 0 aliphatic heterocycles. The molecule has 0 saturated carbocycles. The van der Waals surface area contributed by atoms with E-state index < -0.39 is 89.8 Å². The predicted molar refractivity (Wildman–Crippen MR) is 253 cm³/mol. The van der Waals surface area contributed by atoms with Gasteiger partial charge in [-0.3, -0.25) is 28.8 Å². The number of phenols is 1. The molecular weight excluding hydrogens is 891 g/mol. The van der Waals surface area contributed by atoms with Crippen LogP contribution in [0.4, 0.5) is 0 Å². The first kappa shape index (κ1) is 52.5. The lowest BCUT2D eigenvalue weighted by atomic mass is 10.0. The fourth-order valence-electron chi connectivity index (χ4n) is 6.93. The number of phenolic OH excluding ortho intramolecular Hbond substituents is 1. The summed E-state index contributed by atoms with van der Waals surface area (Å²) in [6.07, 6.45) is 1.02. The molecule has 4 aromatic rings. The number of amides is 6. The Balaban J connectivity index is 1.62. The van der Waals surface area contributed by atoms with Crippen LogP contribution in [0.15, 0.2) is 85.1 Å². The number of aromatic nitrogens is 1. The Morgan fingerprint density at radius 3 is 1.71 bits per heavy atom. The summed E-state index contributed by atoms with van der Waals surface area (Å²) in [5.74, 6) is -6.79. The zero-order valence-electron chi connectivity index (χ0n) is 36.3. The van der Waals surface area contributed by atoms with Crippen LogP contribution in [0.25, 0.3) is 10.9 Å². The van der Waals surface area contributed by atoms with E-state index in [9.17, 15) is 48.9 Å². The molecule has 0 unspecified atom stereocenters. The predicted octanol–water partition coefficient (Wildman–Crippen LogP) is -0.408. The minimum absolute atomic E-state index is 0.0419. The first-order valence-electron chi connectivity index (χ1n) is 21.3. The number of benzene rings is 3. The van der Waals surface area contributed by atoms with Gasteiger partial charge in [0.2, 0.25) is 35.4 Å². The topological polar surface area (TPSA) is 320 Å². The van der Waals surface area contributed by atoms with Crippen molar-refractivity contribution in [2.24, 2.45) is 11.5 Å². The van der Waals surface area contributed by atoms with E-state index in [1.165, 1.54) is 19.1 Å². The van der Waals surface area contributed by atoms with Crippen LogP contribution in [0.3, 0.4) is 0 Å². The van der Waals surface area contributed by atoms with Gasteiger partial charge in [0.25, 0.3) is 0 Å². The largest absolute Gasteiger partial charge is 0.508 e. The zero-order valence-corrected chi connectivity index (χ0v) is 38.1. The molecule has 3 aromatic carbocycles. The molecule has 1 heterocycles. The second-order valence-corrected chi connectivity index (χ2v) is 16.5. The second kappa shape index (κ2) is 26.1. The van der Waals surface area contributed by atoms with Crippen molar-refractivity contribution < 1.29 is 48.9 Å². The minimum Gasteiger partial charge on any atom is -0.508 e. The van der Waals surface area contributed by atoms with E-state index in [4.69, 9.17) is 11.5 Å². The molecule has 0 aliphatic carbocycles. The van der Waals surface area contributed by atoms with Crippen LogP contribution in [0.5, 0.6) is 5.75 Å². The van der Waals surface area contributed by atoms with Crippen molar-refractivity contribution in [3.05, 3.63) is 102 Å². The molecular formula is C45H59N9O10S2. The van der Waals surface area contributed by atoms with Gasteiger partial charge in [0.1, 0.15) is 36.0 Å². The fourth-order valence-corrected chi connectivity index (χ4v) is 7.44. The number of rotatable bonds is 26. The number of fused-ring (bicyclic) bond motifs is 1. The van der Waals surface area contributed by atoms with Crippen LogP contribution < -0.4 is 43.4 Å². The van der Waals surface area contributed by atoms with Gasteiger partial charge in [-0.1, -0.05) is 60.7 Å². The number of hydrogen-bond acceptors (Lipinski definition) is 13. The number of nitrogens with two attached hydrogens (primary N) is 2. The van der Waals surface area contributed by atoms with Crippen molar-refractivity contribution in [1.29, 1.82) is 0 Å². The third-order valence-corrected chi connectivity index (χ3v) is 11.4. The molecule has 4 rings (SSSR count). The van der Waals surface area contributed by atoms with Gasteiger partial charge in [0.05, 0.1) is 12.1 Å². The van der Waals surface area contributed by atoms with Gasteiger partial charge in [-0.2, -0.15) is 25.3 Å². The molecule has 8 atom stereocenters. The monoisotopic (exact) mass is 949 g/mol. The Labute approximate surface area is 392 Å². The van der Waals surface area contributed by atoms with Crippen molar-refractivity contribution in [3.8, 4) is 5.75 Å². The maximum atomic E-state index is 14.5. The Bertz CT molecular complexity index is 2260. The molecule has 0 bridgehead atoms. The molecule has 66 heavy (non-hydrogen) atoms. The Morgan fingerprint density at radius 2 is 1.12 bits per heavy atom. The van der Waals surface area contributed by atoms with E-state index >= 15 is 0 Å². The number of hydrogen-bond donors (Lipinski definition) is 14. The van der Waals surface area contributed by atoms with E-state index in [1.807, 2.05) is 36.4 Å². The number of carboxylic acids is 1. The Morgan fingerprint density at radius 1 is 0.621 bits per heavy atom. The number of aliphatic carboxylic acids is 1. The minimum atomic E-state index is -1.68. The van der Waals surface area contributed by atoms with Crippen LogP contribution in [-0.2, 0) is 52.8 Å². The highest BCUT2D eigenvalue weighted by atomic mass is 32.1. The van der Waals surface area contributed by atoms with E-state index in [-0.39, 0.29) is 49.5 Å². The number of para-hydroxylation sites is 1. The van der Waals surface area contributed by atoms with Crippen LogP contribution in [0, 0.1) is 0 Å². The van der Waals surface area contributed by atoms with E-state index in [1.54, 1.807) is 36.5 Å². The van der Waals surface area contributed by atoms with Crippen molar-refractivity contribution in [2.75, 3.05) is 18.1 Å². The molecule has 0 aliphatic rings. The lowest BCUT2D eigenvalue weighted by molar-refractivity contribution is -0.145. The first-order valence-corrected chi connectivity index (χ1v) is 22.6. The summed E-state index contributed by atoms with van der Waals surface area (Å²) < 4.78 is 0. The van der Waals surface area contributed by atoms with Crippen LogP contribution in [0.2, 0.25) is 0 Å². The third-order valence-electron chi connectivity index (χ3n) is 10.6. The second-order valence-electron chi connectivity index (χ2n) is 15.8. The molecule has 19 nitrogen and oxygen atoms in total. The van der Waals surface area contributed by atoms with Gasteiger partial charge in [-0.15, -0.1) is 0 Å². The highest BCUT2D eigenvalue weighted by Gasteiger charge is 2.34. The summed E-state index contributed by atoms with van der Waals surface area (Å²) in [6.45, 7) is 1.44. The summed E-state index contributed by atoms with van der Waals surface area (Å²) >= 11 is 8.45. The third kappa shape index (κ3) is 15.8. The van der Waals surface area contributed by atoms with Crippen LogP contribution in [0.1, 0.15) is 42.9 Å². The number of aromatic hydroxyl groups is 1. The number of carboxylic acid groups (broad SMARTS) is 1. The summed E-state index contributed by atoms with van der Waals surface area (Å²) in [5.41, 5.74) is 14.6. The van der Waals surface area contributed by atoms with E-state index in [0.717, 1.165) is 16.5 Å². The molecule has 14 N–H and O–H groups in total. The maximum Gasteiger partial charge on any atom is 0.328 e. The van der Waals surface area contributed by atoms with Gasteiger partial charge in [0.15, 0.2) is 6.04 Å². The van der Waals surface area contributed by atoms with Crippen molar-refractivity contribution in [3.63, 3.8) is 0 Å². The Kier molecular flexibility index (Phi) is 20.8. The standard InChI is InChI=1S/C45H59N9O10S2/c1-25(55)38(45(63)64)54-44(62)37(24-66)53-40(58)33(13-7-8-18-46)49-42(60)35(21-28-22-48-32-12-6-5-11-30(28)32)51-41(59)34(20-27-14-16-29(56)17-15-27)50-43(61)36(23-65)52-39(57)31(47)19-26-9-3-2-4-10-26/h2-6,9-12,14-17,22,25,31,33-38,48,55-56,65-66H,7-8,13,18-21,23-24,46-47H2,1H3,(H,49,60)(H,50,61)(H,51,59)(H,52,57)(H,53,58)(H,54,62)(H,63,64)/t25-,31+,33+,34+,35+,36+,37+,38+/m1/s1. The number of unbranched alkanes of at least 4 members (excludes halogenated alkanes) is 1. The lowest BCUT2D eigenvalue weighted by Gasteiger charge is -2.27. The number of aliphatic hydroxyl groups is 1. The number of carbonyl (C=O) groups excluding carboxylic acids is 6. The average molecular weight is 950 g/mol. The first-order chi connectivity index (χ1) is 31.5. The molecule has 6 amide bonds. The highest BCUT2D eigenvalue weighted by molar-refractivity contribution is 7.80. The number of H-pyrrole nitrogens is 1. The fraction of sp³-hybridized carbons (Fsp3) is 0.400. The molecule has 0 fully saturated rings. The van der Waals surface area contributed by atoms with Gasteiger partial charge < -0.3 is 63.7 Å². The van der Waals surface area contributed by atoms with Crippen molar-refractivity contribution >= 4 is 77.6 Å². The average Bonchev–Trinajstić information content (AvgIpc) is 3.71. The molecule has 0 radical (unpaired) electrons. The number of nitrogens with one attached hydrogen (secondary N) is 7. The molecule has 0 saturated heterocycles. The quantitative estimate of drug-likeness (QED) is 0.0282. The van der Waals surface area contributed by atoms with Crippen molar-refractivity contribution in [2.45, 2.75) is 93.8 Å². The van der Waals surface area contributed by atoms with Gasteiger partial charge in [-0.05, 0) is 74.0 Å². The molecule has 21 heteroatoms. The summed E-state index contributed by atoms with van der Waals surface area (Å²) in [7, 11) is 0. The van der Waals surface area contributed by atoms with Gasteiger partial charge in [-0.25, -0.2) is 4.79 Å². The normalized spacial score (nSPS) is 14.8. The zero-order chi connectivity index (χ0) is 48.3. The SMILES string of the molecule is C[C@@H](O)[C@H](NC(=O)[C@H](CS)NC(=O)[C@H](CCCCN)NC(=O)[C@H](Cc1c[nH]c2ccccc12)NC(=O)[C@H](Cc1ccc(O)cc1)NC(=O)[C@H](CS)NC(=O)[C@@H](N)Cc1ccccc1)C(=O)O. The molecule has 356 valence electrons. The lowest BCUT2D eigenvalue weighted by Crippen LogP contribution is -2.61. The summed E-state index contributed by atoms with van der Waals surface area (Å²) in [4.78, 5) is 97.7. The number of thiol groups is 2.